The highest BCUT2D eigenvalue weighted by Crippen LogP contribution is 2.24. The lowest BCUT2D eigenvalue weighted by Crippen LogP contribution is -2.39. The molecule has 0 unspecified atom stereocenters. The summed E-state index contributed by atoms with van der Waals surface area (Å²) in [6.07, 6.45) is 0.897. The monoisotopic (exact) mass is 187 g/mol. The van der Waals surface area contributed by atoms with Crippen LogP contribution in [0.4, 0.5) is 5.69 Å². The highest BCUT2D eigenvalue weighted by atomic mass is 16.1. The summed E-state index contributed by atoms with van der Waals surface area (Å²) in [5.41, 5.74) is 4.26. The Morgan fingerprint density at radius 1 is 1.43 bits per heavy atom. The Balaban J connectivity index is 2.24. The molecule has 1 heterocycles. The molecule has 0 saturated carbocycles. The lowest BCUT2D eigenvalue weighted by atomic mass is 10.0. The molecule has 2 heteroatoms. The highest BCUT2D eigenvalue weighted by Gasteiger charge is 2.18. The minimum absolute atomic E-state index is 0.771. The highest BCUT2D eigenvalue weighted by molar-refractivity contribution is 5.78. The maximum absolute atomic E-state index is 10.6. The van der Waals surface area contributed by atoms with E-state index >= 15 is 0 Å². The summed E-state index contributed by atoms with van der Waals surface area (Å²) in [5.74, 6) is 0. The Hall–Kier alpha value is -1.57. The van der Waals surface area contributed by atoms with Gasteiger partial charge in [-0.25, -0.2) is 0 Å². The number of rotatable bonds is 2. The third-order valence-corrected chi connectivity index (χ3v) is 2.57. The van der Waals surface area contributed by atoms with Crippen molar-refractivity contribution >= 4 is 12.0 Å². The zero-order valence-electron chi connectivity index (χ0n) is 8.29. The smallest absolute Gasteiger partial charge is 0.150 e. The Morgan fingerprint density at radius 2 is 2.14 bits per heavy atom. The molecule has 0 radical (unpaired) electrons. The van der Waals surface area contributed by atoms with Crippen molar-refractivity contribution in [1.82, 2.24) is 0 Å². The molecular formula is C12H13NO. The molecule has 2 nitrogen and oxygen atoms in total. The van der Waals surface area contributed by atoms with Crippen LogP contribution in [0.5, 0.6) is 0 Å². The fourth-order valence-electron chi connectivity index (χ4n) is 1.66. The van der Waals surface area contributed by atoms with Crippen LogP contribution in [0.1, 0.15) is 15.9 Å². The fraction of sp³-hybridized carbons (Fsp3) is 0.250. The predicted molar refractivity (Wildman–Crippen MR) is 57.9 cm³/mol. The van der Waals surface area contributed by atoms with E-state index in [2.05, 4.69) is 17.5 Å². The van der Waals surface area contributed by atoms with Gasteiger partial charge in [-0.2, -0.15) is 0 Å². The van der Waals surface area contributed by atoms with Gasteiger partial charge in [0.05, 0.1) is 0 Å². The Labute approximate surface area is 83.8 Å². The normalized spacial score (nSPS) is 15.2. The first-order valence-electron chi connectivity index (χ1n) is 4.68. The number of hydrogen-bond donors (Lipinski definition) is 0. The summed E-state index contributed by atoms with van der Waals surface area (Å²) >= 11 is 0. The number of anilines is 1. The molecule has 1 aromatic rings. The van der Waals surface area contributed by atoms with E-state index < -0.39 is 0 Å². The molecule has 1 aliphatic rings. The molecule has 72 valence electrons. The van der Waals surface area contributed by atoms with Gasteiger partial charge in [-0.15, -0.1) is 0 Å². The van der Waals surface area contributed by atoms with Gasteiger partial charge in [-0.3, -0.25) is 4.79 Å². The molecule has 0 bridgehead atoms. The van der Waals surface area contributed by atoms with E-state index in [0.717, 1.165) is 30.5 Å². The number of aryl methyl sites for hydroxylation is 1. The van der Waals surface area contributed by atoms with Crippen LogP contribution >= 0.6 is 0 Å². The largest absolute Gasteiger partial charge is 0.363 e. The van der Waals surface area contributed by atoms with E-state index in [1.807, 2.05) is 19.1 Å². The lowest BCUT2D eigenvalue weighted by Gasteiger charge is -2.35. The third kappa shape index (κ3) is 1.43. The van der Waals surface area contributed by atoms with Crippen LogP contribution in [-0.4, -0.2) is 19.4 Å². The molecule has 0 amide bonds. The van der Waals surface area contributed by atoms with Crippen molar-refractivity contribution in [2.24, 2.45) is 0 Å². The number of aldehydes is 1. The first kappa shape index (κ1) is 9.00. The van der Waals surface area contributed by atoms with Crippen LogP contribution in [0.25, 0.3) is 0 Å². The zero-order chi connectivity index (χ0) is 10.1. The van der Waals surface area contributed by atoms with Gasteiger partial charge in [0, 0.05) is 24.3 Å². The van der Waals surface area contributed by atoms with Crippen LogP contribution in [0, 0.1) is 6.92 Å². The summed E-state index contributed by atoms with van der Waals surface area (Å²) in [6, 6.07) is 5.91. The van der Waals surface area contributed by atoms with E-state index in [9.17, 15) is 4.79 Å². The van der Waals surface area contributed by atoms with E-state index in [1.54, 1.807) is 0 Å². The van der Waals surface area contributed by atoms with Crippen molar-refractivity contribution in [3.05, 3.63) is 41.5 Å². The van der Waals surface area contributed by atoms with Crippen molar-refractivity contribution in [2.45, 2.75) is 6.92 Å². The minimum Gasteiger partial charge on any atom is -0.363 e. The molecule has 0 spiro atoms. The molecule has 1 aliphatic heterocycles. The van der Waals surface area contributed by atoms with Gasteiger partial charge >= 0.3 is 0 Å². The molecule has 1 aromatic carbocycles. The maximum Gasteiger partial charge on any atom is 0.150 e. The van der Waals surface area contributed by atoms with Gasteiger partial charge in [0.25, 0.3) is 0 Å². The average molecular weight is 187 g/mol. The number of carbonyl (C=O) groups excluding carboxylic acids is 1. The topological polar surface area (TPSA) is 20.3 Å². The van der Waals surface area contributed by atoms with Crippen molar-refractivity contribution in [2.75, 3.05) is 18.0 Å². The van der Waals surface area contributed by atoms with Crippen LogP contribution < -0.4 is 4.90 Å². The van der Waals surface area contributed by atoms with Crippen LogP contribution in [0.3, 0.4) is 0 Å². The summed E-state index contributed by atoms with van der Waals surface area (Å²) in [7, 11) is 0. The molecule has 1 saturated heterocycles. The average Bonchev–Trinajstić information content (AvgIpc) is 2.13. The summed E-state index contributed by atoms with van der Waals surface area (Å²) < 4.78 is 0. The first-order chi connectivity index (χ1) is 6.70. The van der Waals surface area contributed by atoms with Crippen LogP contribution in [-0.2, 0) is 0 Å². The van der Waals surface area contributed by atoms with Gasteiger partial charge < -0.3 is 4.90 Å². The van der Waals surface area contributed by atoms with E-state index in [4.69, 9.17) is 0 Å². The SMILES string of the molecule is C=C1CN(c2ccc(C=O)c(C)c2)C1. The first-order valence-corrected chi connectivity index (χ1v) is 4.68. The molecule has 0 N–H and O–H groups in total. The van der Waals surface area contributed by atoms with E-state index in [1.165, 1.54) is 11.3 Å². The van der Waals surface area contributed by atoms with Gasteiger partial charge in [0.2, 0.25) is 0 Å². The third-order valence-electron chi connectivity index (χ3n) is 2.57. The van der Waals surface area contributed by atoms with E-state index in [-0.39, 0.29) is 0 Å². The van der Waals surface area contributed by atoms with Crippen LogP contribution in [0.15, 0.2) is 30.4 Å². The second kappa shape index (κ2) is 3.29. The summed E-state index contributed by atoms with van der Waals surface area (Å²) in [6.45, 7) is 7.74. The standard InChI is InChI=1S/C12H13NO/c1-9-6-13(7-9)12-4-3-11(8-14)10(2)5-12/h3-5,8H,1,6-7H2,2H3. The number of hydrogen-bond acceptors (Lipinski definition) is 2. The molecule has 2 rings (SSSR count). The molecular weight excluding hydrogens is 174 g/mol. The molecule has 14 heavy (non-hydrogen) atoms. The number of benzene rings is 1. The second-order valence-corrected chi connectivity index (χ2v) is 3.76. The van der Waals surface area contributed by atoms with Crippen molar-refractivity contribution < 1.29 is 4.79 Å². The quantitative estimate of drug-likeness (QED) is 0.522. The zero-order valence-corrected chi connectivity index (χ0v) is 8.29. The summed E-state index contributed by atoms with van der Waals surface area (Å²) in [5, 5.41) is 0. The van der Waals surface area contributed by atoms with E-state index in [0.29, 0.717) is 0 Å². The number of nitrogens with zero attached hydrogens (tertiary/aromatic N) is 1. The fourth-order valence-corrected chi connectivity index (χ4v) is 1.66. The molecule has 0 aromatic heterocycles. The van der Waals surface area contributed by atoms with Crippen molar-refractivity contribution in [3.8, 4) is 0 Å². The molecule has 1 fully saturated rings. The maximum atomic E-state index is 10.6. The summed E-state index contributed by atoms with van der Waals surface area (Å²) in [4.78, 5) is 12.9. The minimum atomic E-state index is 0.771. The lowest BCUT2D eigenvalue weighted by molar-refractivity contribution is 0.112. The Kier molecular flexibility index (Phi) is 2.12. The van der Waals surface area contributed by atoms with Crippen LogP contribution in [0.2, 0.25) is 0 Å². The molecule has 0 aliphatic carbocycles. The Bertz CT molecular complexity index is 387. The van der Waals surface area contributed by atoms with Gasteiger partial charge in [-0.1, -0.05) is 6.58 Å². The Morgan fingerprint density at radius 3 is 2.64 bits per heavy atom. The van der Waals surface area contributed by atoms with Gasteiger partial charge in [0.15, 0.2) is 0 Å². The van der Waals surface area contributed by atoms with Crippen molar-refractivity contribution in [1.29, 1.82) is 0 Å². The van der Waals surface area contributed by atoms with Crippen molar-refractivity contribution in [3.63, 3.8) is 0 Å². The number of carbonyl (C=O) groups is 1. The van der Waals surface area contributed by atoms with Gasteiger partial charge in [0.1, 0.15) is 6.29 Å². The predicted octanol–water partition coefficient (Wildman–Crippen LogP) is 2.18. The second-order valence-electron chi connectivity index (χ2n) is 3.76. The van der Waals surface area contributed by atoms with Gasteiger partial charge in [-0.05, 0) is 36.3 Å². The molecule has 0 atom stereocenters.